The summed E-state index contributed by atoms with van der Waals surface area (Å²) < 4.78 is 5.38. The van der Waals surface area contributed by atoms with Crippen LogP contribution >= 0.6 is 12.6 Å². The lowest BCUT2D eigenvalue weighted by Gasteiger charge is -2.31. The lowest BCUT2D eigenvalue weighted by atomic mass is 9.97. The number of benzene rings is 1. The molecule has 0 N–H and O–H groups in total. The fraction of sp³-hybridized carbons (Fsp3) is 0.533. The SMILES string of the molecule is CC(C)C(=O)c1ccc(CS)cc1N1CCOCC1. The van der Waals surface area contributed by atoms with Crippen molar-refractivity contribution in [2.45, 2.75) is 19.6 Å². The molecule has 0 bridgehead atoms. The van der Waals surface area contributed by atoms with E-state index in [1.807, 2.05) is 26.0 Å². The molecule has 0 atom stereocenters. The molecule has 2 rings (SSSR count). The Hall–Kier alpha value is -1.00. The van der Waals surface area contributed by atoms with Crippen LogP contribution in [0.1, 0.15) is 29.8 Å². The van der Waals surface area contributed by atoms with Gasteiger partial charge in [0, 0.05) is 36.0 Å². The predicted octanol–water partition coefficient (Wildman–Crippen LogP) is 2.79. The molecule has 0 aliphatic carbocycles. The first-order valence-corrected chi connectivity index (χ1v) is 7.37. The normalized spacial score (nSPS) is 15.9. The van der Waals surface area contributed by atoms with Gasteiger partial charge in [-0.1, -0.05) is 19.9 Å². The lowest BCUT2D eigenvalue weighted by Crippen LogP contribution is -2.37. The smallest absolute Gasteiger partial charge is 0.167 e. The third kappa shape index (κ3) is 3.31. The largest absolute Gasteiger partial charge is 0.378 e. The molecule has 0 spiro atoms. The molecular weight excluding hydrogens is 258 g/mol. The topological polar surface area (TPSA) is 29.5 Å². The Balaban J connectivity index is 2.38. The number of ketones is 1. The molecule has 1 aliphatic rings. The van der Waals surface area contributed by atoms with Crippen LogP contribution < -0.4 is 4.90 Å². The number of morpholine rings is 1. The number of nitrogens with zero attached hydrogens (tertiary/aromatic N) is 1. The van der Waals surface area contributed by atoms with Crippen LogP contribution in [-0.4, -0.2) is 32.1 Å². The summed E-state index contributed by atoms with van der Waals surface area (Å²) >= 11 is 4.32. The van der Waals surface area contributed by atoms with Gasteiger partial charge in [0.05, 0.1) is 13.2 Å². The number of Topliss-reactive ketones (excluding diaryl/α,β-unsaturated/α-hetero) is 1. The molecule has 0 aromatic heterocycles. The first-order valence-electron chi connectivity index (χ1n) is 6.74. The van der Waals surface area contributed by atoms with Crippen LogP contribution in [0.2, 0.25) is 0 Å². The second kappa shape index (κ2) is 6.44. The average molecular weight is 279 g/mol. The summed E-state index contributed by atoms with van der Waals surface area (Å²) in [5, 5.41) is 0. The van der Waals surface area contributed by atoms with Crippen molar-refractivity contribution in [3.05, 3.63) is 29.3 Å². The summed E-state index contributed by atoms with van der Waals surface area (Å²) in [6.45, 7) is 7.01. The van der Waals surface area contributed by atoms with Gasteiger partial charge in [-0.25, -0.2) is 0 Å². The van der Waals surface area contributed by atoms with Gasteiger partial charge in [-0.15, -0.1) is 0 Å². The molecule has 4 heteroatoms. The van der Waals surface area contributed by atoms with Crippen LogP contribution in [0.3, 0.4) is 0 Å². The van der Waals surface area contributed by atoms with Crippen LogP contribution in [0.15, 0.2) is 18.2 Å². The molecule has 1 saturated heterocycles. The molecule has 3 nitrogen and oxygen atoms in total. The number of rotatable bonds is 4. The van der Waals surface area contributed by atoms with Crippen molar-refractivity contribution < 1.29 is 9.53 Å². The van der Waals surface area contributed by atoms with Gasteiger partial charge in [0.25, 0.3) is 0 Å². The molecule has 19 heavy (non-hydrogen) atoms. The Morgan fingerprint density at radius 2 is 2.05 bits per heavy atom. The van der Waals surface area contributed by atoms with Gasteiger partial charge in [-0.2, -0.15) is 12.6 Å². The van der Waals surface area contributed by atoms with E-state index in [1.54, 1.807) is 0 Å². The van der Waals surface area contributed by atoms with E-state index in [0.29, 0.717) is 5.75 Å². The highest BCUT2D eigenvalue weighted by Crippen LogP contribution is 2.26. The number of hydrogen-bond donors (Lipinski definition) is 1. The van der Waals surface area contributed by atoms with Crippen molar-refractivity contribution in [2.75, 3.05) is 31.2 Å². The summed E-state index contributed by atoms with van der Waals surface area (Å²) in [6, 6.07) is 6.03. The molecule has 1 aliphatic heterocycles. The highest BCUT2D eigenvalue weighted by Gasteiger charge is 2.20. The molecule has 1 fully saturated rings. The third-order valence-corrected chi connectivity index (χ3v) is 3.75. The average Bonchev–Trinajstić information content (AvgIpc) is 2.46. The van der Waals surface area contributed by atoms with E-state index in [2.05, 4.69) is 23.6 Å². The van der Waals surface area contributed by atoms with Crippen molar-refractivity contribution in [3.63, 3.8) is 0 Å². The molecule has 104 valence electrons. The number of thiol groups is 1. The van der Waals surface area contributed by atoms with E-state index >= 15 is 0 Å². The number of carbonyl (C=O) groups excluding carboxylic acids is 1. The standard InChI is InChI=1S/C15H21NO2S/c1-11(2)15(17)13-4-3-12(10-19)9-14(13)16-5-7-18-8-6-16/h3-4,9,11,19H,5-8,10H2,1-2H3. The Kier molecular flexibility index (Phi) is 4.88. The van der Waals surface area contributed by atoms with Gasteiger partial charge in [0.15, 0.2) is 5.78 Å². The van der Waals surface area contributed by atoms with Gasteiger partial charge >= 0.3 is 0 Å². The van der Waals surface area contributed by atoms with Gasteiger partial charge in [0.1, 0.15) is 0 Å². The van der Waals surface area contributed by atoms with E-state index in [4.69, 9.17) is 4.74 Å². The molecule has 0 unspecified atom stereocenters. The Labute approximate surface area is 120 Å². The van der Waals surface area contributed by atoms with E-state index in [1.165, 1.54) is 0 Å². The summed E-state index contributed by atoms with van der Waals surface area (Å²) in [5.74, 6) is 0.905. The fourth-order valence-electron chi connectivity index (χ4n) is 2.26. The lowest BCUT2D eigenvalue weighted by molar-refractivity contribution is 0.0938. The third-order valence-electron chi connectivity index (χ3n) is 3.39. The fourth-order valence-corrected chi connectivity index (χ4v) is 2.46. The molecule has 1 aromatic rings. The van der Waals surface area contributed by atoms with Crippen LogP contribution in [0.4, 0.5) is 5.69 Å². The molecule has 0 radical (unpaired) electrons. The first kappa shape index (κ1) is 14.4. The highest BCUT2D eigenvalue weighted by atomic mass is 32.1. The molecule has 0 saturated carbocycles. The molecule has 1 heterocycles. The van der Waals surface area contributed by atoms with Gasteiger partial charge in [0.2, 0.25) is 0 Å². The van der Waals surface area contributed by atoms with Crippen molar-refractivity contribution in [3.8, 4) is 0 Å². The number of carbonyl (C=O) groups is 1. The van der Waals surface area contributed by atoms with Crippen molar-refractivity contribution in [1.82, 2.24) is 0 Å². The Bertz CT molecular complexity index is 453. The van der Waals surface area contributed by atoms with Gasteiger partial charge < -0.3 is 9.64 Å². The summed E-state index contributed by atoms with van der Waals surface area (Å²) in [7, 11) is 0. The Morgan fingerprint density at radius 1 is 1.37 bits per heavy atom. The van der Waals surface area contributed by atoms with Crippen molar-refractivity contribution in [2.24, 2.45) is 5.92 Å². The zero-order chi connectivity index (χ0) is 13.8. The molecule has 1 aromatic carbocycles. The minimum absolute atomic E-state index is 0.0154. The maximum absolute atomic E-state index is 12.3. The van der Waals surface area contributed by atoms with Crippen LogP contribution in [-0.2, 0) is 10.5 Å². The Morgan fingerprint density at radius 3 is 2.63 bits per heavy atom. The van der Waals surface area contributed by atoms with Crippen molar-refractivity contribution in [1.29, 1.82) is 0 Å². The van der Waals surface area contributed by atoms with Crippen molar-refractivity contribution >= 4 is 24.1 Å². The molecular formula is C15H21NO2S. The predicted molar refractivity (Wildman–Crippen MR) is 81.3 cm³/mol. The van der Waals surface area contributed by atoms with E-state index in [0.717, 1.165) is 43.1 Å². The monoisotopic (exact) mass is 279 g/mol. The maximum atomic E-state index is 12.3. The van der Waals surface area contributed by atoms with E-state index in [9.17, 15) is 4.79 Å². The zero-order valence-electron chi connectivity index (χ0n) is 11.6. The van der Waals surface area contributed by atoms with Crippen LogP contribution in [0.25, 0.3) is 0 Å². The summed E-state index contributed by atoms with van der Waals surface area (Å²) in [6.07, 6.45) is 0. The van der Waals surface area contributed by atoms with Gasteiger partial charge in [-0.05, 0) is 17.7 Å². The van der Waals surface area contributed by atoms with E-state index < -0.39 is 0 Å². The number of ether oxygens (including phenoxy) is 1. The maximum Gasteiger partial charge on any atom is 0.167 e. The van der Waals surface area contributed by atoms with Crippen LogP contribution in [0.5, 0.6) is 0 Å². The van der Waals surface area contributed by atoms with Gasteiger partial charge in [-0.3, -0.25) is 4.79 Å². The minimum Gasteiger partial charge on any atom is -0.378 e. The zero-order valence-corrected chi connectivity index (χ0v) is 12.5. The molecule has 0 amide bonds. The highest BCUT2D eigenvalue weighted by molar-refractivity contribution is 7.79. The first-order chi connectivity index (χ1) is 9.13. The second-order valence-electron chi connectivity index (χ2n) is 5.13. The minimum atomic E-state index is 0.0154. The van der Waals surface area contributed by atoms with Crippen LogP contribution in [0, 0.1) is 5.92 Å². The summed E-state index contributed by atoms with van der Waals surface area (Å²) in [5.41, 5.74) is 3.00. The quantitative estimate of drug-likeness (QED) is 0.679. The summed E-state index contributed by atoms with van der Waals surface area (Å²) in [4.78, 5) is 14.6. The second-order valence-corrected chi connectivity index (χ2v) is 5.44. The van der Waals surface area contributed by atoms with E-state index in [-0.39, 0.29) is 11.7 Å². The number of hydrogen-bond acceptors (Lipinski definition) is 4. The number of anilines is 1.